The van der Waals surface area contributed by atoms with Gasteiger partial charge in [0.15, 0.2) is 0 Å². The highest BCUT2D eigenvalue weighted by atomic mass is 35.5. The fourth-order valence-corrected chi connectivity index (χ4v) is 4.32. The Hall–Kier alpha value is -1.10. The molecule has 0 saturated carbocycles. The number of fused-ring (bicyclic) bond motifs is 1. The molecule has 4 nitrogen and oxygen atoms in total. The standard InChI is InChI=1S/C19H27ClN2O2/c20-17-6-2-1-5-15(17)13-21-11-9-18-16(14-21)7-8-19(24)22(18)10-3-4-12-23/h1-2,5-6,16,18,23H,3-4,7-14H2/t16-,18+/m0/s1. The number of nitrogens with zero attached hydrogens (tertiary/aromatic N) is 2. The Balaban J connectivity index is 1.60. The third-order valence-electron chi connectivity index (χ3n) is 5.39. The minimum absolute atomic E-state index is 0.210. The molecule has 2 aliphatic rings. The van der Waals surface area contributed by atoms with Crippen LogP contribution in [0.25, 0.3) is 0 Å². The maximum atomic E-state index is 12.3. The van der Waals surface area contributed by atoms with Crippen LogP contribution in [0.3, 0.4) is 0 Å². The molecular weight excluding hydrogens is 324 g/mol. The average molecular weight is 351 g/mol. The number of carbonyl (C=O) groups excluding carboxylic acids is 1. The molecule has 3 rings (SSSR count). The van der Waals surface area contributed by atoms with Gasteiger partial charge in [-0.15, -0.1) is 0 Å². The van der Waals surface area contributed by atoms with Gasteiger partial charge in [-0.05, 0) is 43.2 Å². The number of hydrogen-bond acceptors (Lipinski definition) is 3. The molecule has 0 bridgehead atoms. The van der Waals surface area contributed by atoms with E-state index in [1.54, 1.807) is 0 Å². The van der Waals surface area contributed by atoms with Crippen molar-refractivity contribution < 1.29 is 9.90 Å². The normalized spacial score (nSPS) is 24.9. The summed E-state index contributed by atoms with van der Waals surface area (Å²) in [6, 6.07) is 8.43. The lowest BCUT2D eigenvalue weighted by Gasteiger charge is -2.47. The highest BCUT2D eigenvalue weighted by Gasteiger charge is 2.38. The van der Waals surface area contributed by atoms with E-state index in [9.17, 15) is 4.79 Å². The quantitative estimate of drug-likeness (QED) is 0.802. The first-order valence-electron chi connectivity index (χ1n) is 9.05. The minimum atomic E-state index is 0.210. The van der Waals surface area contributed by atoms with Gasteiger partial charge in [-0.25, -0.2) is 0 Å². The van der Waals surface area contributed by atoms with Crippen molar-refractivity contribution >= 4 is 17.5 Å². The zero-order valence-corrected chi connectivity index (χ0v) is 14.9. The first-order chi connectivity index (χ1) is 11.7. The summed E-state index contributed by atoms with van der Waals surface area (Å²) >= 11 is 6.29. The number of unbranched alkanes of at least 4 members (excludes halogenated alkanes) is 1. The summed E-state index contributed by atoms with van der Waals surface area (Å²) in [6.45, 7) is 3.95. The van der Waals surface area contributed by atoms with Gasteiger partial charge in [-0.1, -0.05) is 29.8 Å². The van der Waals surface area contributed by atoms with Gasteiger partial charge < -0.3 is 10.0 Å². The molecule has 132 valence electrons. The third-order valence-corrected chi connectivity index (χ3v) is 5.76. The van der Waals surface area contributed by atoms with E-state index in [1.165, 1.54) is 5.56 Å². The number of aliphatic hydroxyl groups excluding tert-OH is 1. The number of halogens is 1. The van der Waals surface area contributed by atoms with Crippen LogP contribution in [0.1, 0.15) is 37.7 Å². The number of carbonyl (C=O) groups is 1. The number of rotatable bonds is 6. The smallest absolute Gasteiger partial charge is 0.222 e. The zero-order valence-electron chi connectivity index (χ0n) is 14.2. The first-order valence-corrected chi connectivity index (χ1v) is 9.43. The lowest BCUT2D eigenvalue weighted by Crippen LogP contribution is -2.56. The van der Waals surface area contributed by atoms with Crippen molar-refractivity contribution in [3.05, 3.63) is 34.9 Å². The number of aliphatic hydroxyl groups is 1. The molecule has 24 heavy (non-hydrogen) atoms. The third kappa shape index (κ3) is 4.11. The lowest BCUT2D eigenvalue weighted by atomic mass is 9.83. The molecule has 1 N–H and O–H groups in total. The monoisotopic (exact) mass is 350 g/mol. The van der Waals surface area contributed by atoms with Crippen LogP contribution in [0, 0.1) is 5.92 Å². The highest BCUT2D eigenvalue weighted by molar-refractivity contribution is 6.31. The van der Waals surface area contributed by atoms with E-state index >= 15 is 0 Å². The van der Waals surface area contributed by atoms with Crippen molar-refractivity contribution in [3.63, 3.8) is 0 Å². The van der Waals surface area contributed by atoms with Crippen molar-refractivity contribution in [2.75, 3.05) is 26.2 Å². The van der Waals surface area contributed by atoms with Gasteiger partial charge in [-0.3, -0.25) is 9.69 Å². The highest BCUT2D eigenvalue weighted by Crippen LogP contribution is 2.32. The van der Waals surface area contributed by atoms with E-state index in [4.69, 9.17) is 16.7 Å². The molecule has 0 unspecified atom stereocenters. The molecule has 2 atom stereocenters. The van der Waals surface area contributed by atoms with E-state index in [-0.39, 0.29) is 6.61 Å². The van der Waals surface area contributed by atoms with Crippen LogP contribution in [0.5, 0.6) is 0 Å². The number of benzene rings is 1. The molecule has 2 fully saturated rings. The van der Waals surface area contributed by atoms with Gasteiger partial charge in [0.25, 0.3) is 0 Å². The average Bonchev–Trinajstić information content (AvgIpc) is 2.59. The summed E-state index contributed by atoms with van der Waals surface area (Å²) in [7, 11) is 0. The molecule has 1 aromatic carbocycles. The Morgan fingerprint density at radius 2 is 2.04 bits per heavy atom. The minimum Gasteiger partial charge on any atom is -0.396 e. The maximum Gasteiger partial charge on any atom is 0.222 e. The Morgan fingerprint density at radius 3 is 2.83 bits per heavy atom. The van der Waals surface area contributed by atoms with Crippen molar-refractivity contribution in [3.8, 4) is 0 Å². The van der Waals surface area contributed by atoms with Crippen LogP contribution in [0.15, 0.2) is 24.3 Å². The summed E-state index contributed by atoms with van der Waals surface area (Å²) in [5.41, 5.74) is 1.18. The molecular formula is C19H27ClN2O2. The second-order valence-corrected chi connectivity index (χ2v) is 7.41. The molecule has 2 heterocycles. The van der Waals surface area contributed by atoms with Crippen LogP contribution in [0.4, 0.5) is 0 Å². The molecule has 0 radical (unpaired) electrons. The zero-order chi connectivity index (χ0) is 16.9. The first kappa shape index (κ1) is 17.7. The van der Waals surface area contributed by atoms with Crippen LogP contribution in [0.2, 0.25) is 5.02 Å². The molecule has 0 aliphatic carbocycles. The lowest BCUT2D eigenvalue weighted by molar-refractivity contribution is -0.141. The summed E-state index contributed by atoms with van der Waals surface area (Å²) in [5, 5.41) is 9.81. The number of amides is 1. The number of hydrogen-bond donors (Lipinski definition) is 1. The van der Waals surface area contributed by atoms with E-state index in [0.717, 1.165) is 56.9 Å². The van der Waals surface area contributed by atoms with Crippen LogP contribution in [-0.2, 0) is 11.3 Å². The molecule has 5 heteroatoms. The topological polar surface area (TPSA) is 43.8 Å². The fourth-order valence-electron chi connectivity index (χ4n) is 4.12. The Bertz CT molecular complexity index is 566. The molecule has 1 amide bonds. The summed E-state index contributed by atoms with van der Waals surface area (Å²) in [6.07, 6.45) is 4.38. The van der Waals surface area contributed by atoms with Crippen molar-refractivity contribution in [2.45, 2.75) is 44.7 Å². The van der Waals surface area contributed by atoms with E-state index in [0.29, 0.717) is 24.3 Å². The van der Waals surface area contributed by atoms with Gasteiger partial charge in [0, 0.05) is 50.3 Å². The van der Waals surface area contributed by atoms with E-state index in [1.807, 2.05) is 18.2 Å². The van der Waals surface area contributed by atoms with Crippen LogP contribution in [-0.4, -0.2) is 53.1 Å². The Kier molecular flexibility index (Phi) is 6.14. The van der Waals surface area contributed by atoms with E-state index < -0.39 is 0 Å². The van der Waals surface area contributed by atoms with Crippen molar-refractivity contribution in [1.29, 1.82) is 0 Å². The van der Waals surface area contributed by atoms with Crippen LogP contribution >= 0.6 is 11.6 Å². The predicted molar refractivity (Wildman–Crippen MR) is 95.9 cm³/mol. The molecule has 2 aliphatic heterocycles. The van der Waals surface area contributed by atoms with Gasteiger partial charge >= 0.3 is 0 Å². The SMILES string of the molecule is O=C1CC[C@H]2CN(Cc3ccccc3Cl)CC[C@H]2N1CCCCO. The number of likely N-dealkylation sites (tertiary alicyclic amines) is 2. The van der Waals surface area contributed by atoms with Crippen molar-refractivity contribution in [1.82, 2.24) is 9.80 Å². The molecule has 0 aromatic heterocycles. The summed E-state index contributed by atoms with van der Waals surface area (Å²) in [5.74, 6) is 0.863. The Labute approximate surface area is 149 Å². The second kappa shape index (κ2) is 8.32. The molecule has 0 spiro atoms. The fraction of sp³-hybridized carbons (Fsp3) is 0.632. The van der Waals surface area contributed by atoms with Gasteiger partial charge in [0.05, 0.1) is 0 Å². The maximum absolute atomic E-state index is 12.3. The largest absolute Gasteiger partial charge is 0.396 e. The van der Waals surface area contributed by atoms with E-state index in [2.05, 4.69) is 15.9 Å². The van der Waals surface area contributed by atoms with Crippen LogP contribution < -0.4 is 0 Å². The Morgan fingerprint density at radius 1 is 1.21 bits per heavy atom. The molecule has 1 aromatic rings. The molecule has 2 saturated heterocycles. The van der Waals surface area contributed by atoms with Gasteiger partial charge in [0.2, 0.25) is 5.91 Å². The predicted octanol–water partition coefficient (Wildman–Crippen LogP) is 2.93. The van der Waals surface area contributed by atoms with Crippen molar-refractivity contribution in [2.24, 2.45) is 5.92 Å². The summed E-state index contributed by atoms with van der Waals surface area (Å²) in [4.78, 5) is 16.9. The second-order valence-electron chi connectivity index (χ2n) is 7.00. The van der Waals surface area contributed by atoms with Gasteiger partial charge in [0.1, 0.15) is 0 Å². The number of piperidine rings is 2. The van der Waals surface area contributed by atoms with Gasteiger partial charge in [-0.2, -0.15) is 0 Å². The summed E-state index contributed by atoms with van der Waals surface area (Å²) < 4.78 is 0.